The second-order valence-electron chi connectivity index (χ2n) is 2.14. The number of hydrogen-bond acceptors (Lipinski definition) is 3. The monoisotopic (exact) mass is 260 g/mol. The van der Waals surface area contributed by atoms with Crippen molar-refractivity contribution < 1.29 is 0 Å². The second kappa shape index (κ2) is 2.33. The first-order valence-corrected chi connectivity index (χ1v) is 4.11. The lowest BCUT2D eigenvalue weighted by molar-refractivity contribution is 1.08. The van der Waals surface area contributed by atoms with Crippen molar-refractivity contribution in [2.45, 2.75) is 0 Å². The van der Waals surface area contributed by atoms with E-state index in [2.05, 4.69) is 37.8 Å². The number of nitrogens with zero attached hydrogens (tertiary/aromatic N) is 2. The van der Waals surface area contributed by atoms with E-state index in [-0.39, 0.29) is 0 Å². The predicted octanol–water partition coefficient (Wildman–Crippen LogP) is 1.14. The number of rotatable bonds is 0. The summed E-state index contributed by atoms with van der Waals surface area (Å²) in [5.41, 5.74) is 7.09. The summed E-state index contributed by atoms with van der Waals surface area (Å²) < 4.78 is 0.934. The van der Waals surface area contributed by atoms with Crippen LogP contribution < -0.4 is 5.73 Å². The number of fused-ring (bicyclic) bond motifs is 1. The Morgan fingerprint density at radius 2 is 2.36 bits per heavy atom. The van der Waals surface area contributed by atoms with Crippen molar-refractivity contribution in [1.29, 1.82) is 0 Å². The normalized spacial score (nSPS) is 10.6. The topological polar surface area (TPSA) is 67.6 Å². The summed E-state index contributed by atoms with van der Waals surface area (Å²) in [6.07, 6.45) is 1.65. The smallest absolute Gasteiger partial charge is 0.184 e. The van der Waals surface area contributed by atoms with Gasteiger partial charge in [0.15, 0.2) is 5.65 Å². The van der Waals surface area contributed by atoms with Gasteiger partial charge < -0.3 is 5.73 Å². The molecule has 0 aromatic carbocycles. The van der Waals surface area contributed by atoms with Crippen molar-refractivity contribution in [3.05, 3.63) is 16.0 Å². The molecule has 0 saturated heterocycles. The zero-order chi connectivity index (χ0) is 7.84. The Morgan fingerprint density at radius 3 is 3.09 bits per heavy atom. The molecule has 0 saturated carbocycles. The number of nitrogens with one attached hydrogen (secondary N) is 1. The zero-order valence-electron chi connectivity index (χ0n) is 5.50. The molecular weight excluding hydrogens is 255 g/mol. The zero-order valence-corrected chi connectivity index (χ0v) is 7.66. The summed E-state index contributed by atoms with van der Waals surface area (Å²) in [7, 11) is 0. The van der Waals surface area contributed by atoms with Crippen LogP contribution >= 0.6 is 22.6 Å². The van der Waals surface area contributed by atoms with Gasteiger partial charge in [-0.2, -0.15) is 5.10 Å². The molecule has 0 aliphatic rings. The van der Waals surface area contributed by atoms with Crippen LogP contribution in [0.2, 0.25) is 0 Å². The Hall–Kier alpha value is -0.850. The molecule has 2 aromatic rings. The first-order chi connectivity index (χ1) is 5.29. The molecule has 2 aromatic heterocycles. The molecule has 0 bridgehead atoms. The molecule has 0 radical (unpaired) electrons. The van der Waals surface area contributed by atoms with E-state index in [9.17, 15) is 0 Å². The highest BCUT2D eigenvalue weighted by molar-refractivity contribution is 14.1. The molecule has 2 heterocycles. The fourth-order valence-corrected chi connectivity index (χ4v) is 1.61. The minimum Gasteiger partial charge on any atom is -0.398 e. The third-order valence-electron chi connectivity index (χ3n) is 1.44. The molecule has 0 aliphatic heterocycles. The minimum atomic E-state index is 0.675. The SMILES string of the molecule is Nc1ccnc2n[nH]c(I)c12. The molecule has 4 nitrogen and oxygen atoms in total. The van der Waals surface area contributed by atoms with Crippen molar-refractivity contribution in [1.82, 2.24) is 15.2 Å². The molecule has 0 unspecified atom stereocenters. The van der Waals surface area contributed by atoms with Gasteiger partial charge >= 0.3 is 0 Å². The maximum Gasteiger partial charge on any atom is 0.184 e. The van der Waals surface area contributed by atoms with Crippen LogP contribution in [0.25, 0.3) is 11.0 Å². The Kier molecular flexibility index (Phi) is 1.45. The lowest BCUT2D eigenvalue weighted by atomic mass is 10.3. The maximum absolute atomic E-state index is 5.70. The number of H-pyrrole nitrogens is 1. The summed E-state index contributed by atoms with van der Waals surface area (Å²) in [6, 6.07) is 1.76. The number of pyridine rings is 1. The summed E-state index contributed by atoms with van der Waals surface area (Å²) >= 11 is 2.14. The number of aromatic nitrogens is 3. The highest BCUT2D eigenvalue weighted by atomic mass is 127. The van der Waals surface area contributed by atoms with Gasteiger partial charge in [0, 0.05) is 11.9 Å². The van der Waals surface area contributed by atoms with E-state index in [1.807, 2.05) is 0 Å². The van der Waals surface area contributed by atoms with E-state index in [0.717, 1.165) is 9.09 Å². The van der Waals surface area contributed by atoms with Crippen molar-refractivity contribution in [3.8, 4) is 0 Å². The first kappa shape index (κ1) is 6.84. The van der Waals surface area contributed by atoms with Gasteiger partial charge in [0.25, 0.3) is 0 Å². The van der Waals surface area contributed by atoms with Crippen LogP contribution in [0, 0.1) is 3.70 Å². The number of aromatic amines is 1. The van der Waals surface area contributed by atoms with Crippen LogP contribution in [0.5, 0.6) is 0 Å². The van der Waals surface area contributed by atoms with Crippen LogP contribution in [0.4, 0.5) is 5.69 Å². The largest absolute Gasteiger partial charge is 0.398 e. The average molecular weight is 260 g/mol. The lowest BCUT2D eigenvalue weighted by Gasteiger charge is -1.92. The summed E-state index contributed by atoms with van der Waals surface area (Å²) in [4.78, 5) is 4.04. The van der Waals surface area contributed by atoms with Crippen molar-refractivity contribution in [2.24, 2.45) is 0 Å². The number of hydrogen-bond donors (Lipinski definition) is 2. The third-order valence-corrected chi connectivity index (χ3v) is 2.22. The maximum atomic E-state index is 5.70. The molecule has 11 heavy (non-hydrogen) atoms. The van der Waals surface area contributed by atoms with Crippen LogP contribution in [0.3, 0.4) is 0 Å². The molecule has 0 amide bonds. The summed E-state index contributed by atoms with van der Waals surface area (Å²) in [5, 5.41) is 7.68. The molecular formula is C6H5IN4. The predicted molar refractivity (Wildman–Crippen MR) is 51.0 cm³/mol. The van der Waals surface area contributed by atoms with Crippen molar-refractivity contribution in [2.75, 3.05) is 5.73 Å². The third kappa shape index (κ3) is 0.953. The summed E-state index contributed by atoms with van der Waals surface area (Å²) in [6.45, 7) is 0. The van der Waals surface area contributed by atoms with Crippen molar-refractivity contribution in [3.63, 3.8) is 0 Å². The van der Waals surface area contributed by atoms with Crippen LogP contribution in [0.15, 0.2) is 12.3 Å². The van der Waals surface area contributed by atoms with Gasteiger partial charge in [0.2, 0.25) is 0 Å². The van der Waals surface area contributed by atoms with Gasteiger partial charge in [-0.1, -0.05) is 0 Å². The van der Waals surface area contributed by atoms with Crippen LogP contribution in [-0.4, -0.2) is 15.2 Å². The van der Waals surface area contributed by atoms with Gasteiger partial charge in [0.05, 0.1) is 5.39 Å². The molecule has 3 N–H and O–H groups in total. The Balaban J connectivity index is 2.96. The molecule has 0 fully saturated rings. The Labute approximate surface area is 76.3 Å². The quantitative estimate of drug-likeness (QED) is 0.698. The first-order valence-electron chi connectivity index (χ1n) is 3.03. The van der Waals surface area contributed by atoms with E-state index in [0.29, 0.717) is 11.3 Å². The van der Waals surface area contributed by atoms with Crippen LogP contribution in [0.1, 0.15) is 0 Å². The van der Waals surface area contributed by atoms with Gasteiger partial charge in [-0.15, -0.1) is 0 Å². The van der Waals surface area contributed by atoms with E-state index >= 15 is 0 Å². The van der Waals surface area contributed by atoms with Crippen molar-refractivity contribution >= 4 is 39.3 Å². The van der Waals surface area contributed by atoms with Gasteiger partial charge in [-0.3, -0.25) is 5.10 Å². The highest BCUT2D eigenvalue weighted by Crippen LogP contribution is 2.21. The molecule has 5 heteroatoms. The van der Waals surface area contributed by atoms with E-state index in [1.54, 1.807) is 12.3 Å². The fraction of sp³-hybridized carbons (Fsp3) is 0. The molecule has 56 valence electrons. The molecule has 0 spiro atoms. The molecule has 0 aliphatic carbocycles. The van der Waals surface area contributed by atoms with E-state index < -0.39 is 0 Å². The lowest BCUT2D eigenvalue weighted by Crippen LogP contribution is -1.87. The highest BCUT2D eigenvalue weighted by Gasteiger charge is 2.05. The number of nitrogens with two attached hydrogens (primary N) is 1. The molecule has 0 atom stereocenters. The molecule has 2 rings (SSSR count). The van der Waals surface area contributed by atoms with Crippen LogP contribution in [-0.2, 0) is 0 Å². The van der Waals surface area contributed by atoms with E-state index in [4.69, 9.17) is 5.73 Å². The number of nitrogen functional groups attached to an aromatic ring is 1. The summed E-state index contributed by atoms with van der Waals surface area (Å²) in [5.74, 6) is 0. The van der Waals surface area contributed by atoms with Gasteiger partial charge in [-0.25, -0.2) is 4.98 Å². The standard InChI is InChI=1S/C6H5IN4/c7-5-4-3(8)1-2-9-6(4)11-10-5/h1-2H,(H3,8,9,10,11). The van der Waals surface area contributed by atoms with Gasteiger partial charge in [-0.05, 0) is 28.7 Å². The fourth-order valence-electron chi connectivity index (χ4n) is 0.933. The Bertz CT molecular complexity index is 394. The second-order valence-corrected chi connectivity index (χ2v) is 3.22. The van der Waals surface area contributed by atoms with E-state index in [1.165, 1.54) is 0 Å². The van der Waals surface area contributed by atoms with Gasteiger partial charge in [0.1, 0.15) is 3.70 Å². The minimum absolute atomic E-state index is 0.675. The number of anilines is 1. The Morgan fingerprint density at radius 1 is 1.55 bits per heavy atom. The number of halogens is 1. The average Bonchev–Trinajstić information content (AvgIpc) is 2.34.